The SMILES string of the molecule is CCCCn1cnc2sc(C(=O)Nc3ccc(N(CC)CC)cc3C)c(C)c2c1=O. The fraction of sp³-hybridized carbons (Fsp3) is 0.435. The maximum Gasteiger partial charge on any atom is 0.266 e. The van der Waals surface area contributed by atoms with E-state index in [9.17, 15) is 9.59 Å². The Balaban J connectivity index is 1.89. The summed E-state index contributed by atoms with van der Waals surface area (Å²) >= 11 is 1.27. The van der Waals surface area contributed by atoms with Gasteiger partial charge in [-0.2, -0.15) is 0 Å². The fourth-order valence-corrected chi connectivity index (χ4v) is 4.65. The molecule has 2 heterocycles. The van der Waals surface area contributed by atoms with E-state index in [0.717, 1.165) is 42.9 Å². The lowest BCUT2D eigenvalue weighted by atomic mass is 10.1. The van der Waals surface area contributed by atoms with Crippen LogP contribution in [0.2, 0.25) is 0 Å². The number of amides is 1. The summed E-state index contributed by atoms with van der Waals surface area (Å²) < 4.78 is 1.64. The Morgan fingerprint density at radius 2 is 1.93 bits per heavy atom. The van der Waals surface area contributed by atoms with Gasteiger partial charge in [0.05, 0.1) is 16.6 Å². The van der Waals surface area contributed by atoms with Gasteiger partial charge in [0.1, 0.15) is 4.83 Å². The number of hydrogen-bond donors (Lipinski definition) is 1. The smallest absolute Gasteiger partial charge is 0.266 e. The van der Waals surface area contributed by atoms with Crippen LogP contribution in [-0.2, 0) is 6.54 Å². The van der Waals surface area contributed by atoms with Gasteiger partial charge in [0.25, 0.3) is 11.5 Å². The third kappa shape index (κ3) is 4.26. The van der Waals surface area contributed by atoms with Gasteiger partial charge in [-0.25, -0.2) is 4.98 Å². The Morgan fingerprint density at radius 3 is 2.57 bits per heavy atom. The monoisotopic (exact) mass is 426 g/mol. The van der Waals surface area contributed by atoms with Crippen molar-refractivity contribution in [2.45, 2.75) is 54.0 Å². The van der Waals surface area contributed by atoms with Crippen molar-refractivity contribution in [3.63, 3.8) is 0 Å². The van der Waals surface area contributed by atoms with Crippen LogP contribution in [0.4, 0.5) is 11.4 Å². The van der Waals surface area contributed by atoms with E-state index in [1.165, 1.54) is 11.3 Å². The maximum absolute atomic E-state index is 13.0. The predicted octanol–water partition coefficient (Wildman–Crippen LogP) is 4.97. The summed E-state index contributed by atoms with van der Waals surface area (Å²) in [7, 11) is 0. The van der Waals surface area contributed by atoms with Crippen molar-refractivity contribution in [2.75, 3.05) is 23.3 Å². The lowest BCUT2D eigenvalue weighted by molar-refractivity contribution is 0.103. The average molecular weight is 427 g/mol. The molecule has 0 radical (unpaired) electrons. The van der Waals surface area contributed by atoms with E-state index in [2.05, 4.69) is 42.0 Å². The van der Waals surface area contributed by atoms with Crippen LogP contribution in [0.1, 0.15) is 54.4 Å². The number of thiophene rings is 1. The first-order valence-electron chi connectivity index (χ1n) is 10.6. The number of unbranched alkanes of at least 4 members (excludes halogenated alkanes) is 1. The zero-order valence-corrected chi connectivity index (χ0v) is 19.2. The van der Waals surface area contributed by atoms with E-state index in [4.69, 9.17) is 0 Å². The summed E-state index contributed by atoms with van der Waals surface area (Å²) in [4.78, 5) is 33.7. The Morgan fingerprint density at radius 1 is 1.20 bits per heavy atom. The van der Waals surface area contributed by atoms with Crippen molar-refractivity contribution >= 4 is 38.8 Å². The lowest BCUT2D eigenvalue weighted by Gasteiger charge is -2.22. The van der Waals surface area contributed by atoms with Gasteiger partial charge in [-0.05, 0) is 63.4 Å². The van der Waals surface area contributed by atoms with E-state index in [1.807, 2.05) is 26.0 Å². The van der Waals surface area contributed by atoms with Crippen LogP contribution in [-0.4, -0.2) is 28.5 Å². The van der Waals surface area contributed by atoms with Crippen LogP contribution in [0.3, 0.4) is 0 Å². The number of benzene rings is 1. The maximum atomic E-state index is 13.0. The topological polar surface area (TPSA) is 67.2 Å². The zero-order valence-electron chi connectivity index (χ0n) is 18.4. The molecule has 0 unspecified atom stereocenters. The molecule has 0 bridgehead atoms. The molecule has 1 aromatic carbocycles. The van der Waals surface area contributed by atoms with Crippen LogP contribution in [0.15, 0.2) is 29.3 Å². The molecule has 1 N–H and O–H groups in total. The van der Waals surface area contributed by atoms with Crippen molar-refractivity contribution in [1.29, 1.82) is 0 Å². The van der Waals surface area contributed by atoms with Gasteiger partial charge >= 0.3 is 0 Å². The molecule has 0 aliphatic rings. The quantitative estimate of drug-likeness (QED) is 0.552. The molecule has 160 valence electrons. The van der Waals surface area contributed by atoms with Crippen LogP contribution >= 0.6 is 11.3 Å². The van der Waals surface area contributed by atoms with Gasteiger partial charge in [-0.1, -0.05) is 13.3 Å². The van der Waals surface area contributed by atoms with Crippen LogP contribution in [0, 0.1) is 13.8 Å². The second kappa shape index (κ2) is 9.43. The molecule has 7 heteroatoms. The number of aryl methyl sites for hydroxylation is 3. The standard InChI is InChI=1S/C23H30N4O2S/c1-6-9-12-27-14-24-22-19(23(27)29)16(5)20(30-22)21(28)25-18-11-10-17(13-15(18)4)26(7-2)8-3/h10-11,13-14H,6-9,12H2,1-5H3,(H,25,28). The van der Waals surface area contributed by atoms with E-state index in [1.54, 1.807) is 10.9 Å². The van der Waals surface area contributed by atoms with E-state index in [0.29, 0.717) is 27.2 Å². The number of nitrogens with one attached hydrogen (secondary N) is 1. The van der Waals surface area contributed by atoms with Gasteiger partial charge in [0, 0.05) is 31.0 Å². The summed E-state index contributed by atoms with van der Waals surface area (Å²) in [5, 5.41) is 3.57. The number of nitrogens with zero attached hydrogens (tertiary/aromatic N) is 3. The Labute approximate surface area is 181 Å². The highest BCUT2D eigenvalue weighted by atomic mass is 32.1. The molecule has 0 spiro atoms. The molecular weight excluding hydrogens is 396 g/mol. The Kier molecular flexibility index (Phi) is 6.92. The summed E-state index contributed by atoms with van der Waals surface area (Å²) in [5.41, 5.74) is 3.56. The average Bonchev–Trinajstić information content (AvgIpc) is 3.07. The molecule has 3 rings (SSSR count). The summed E-state index contributed by atoms with van der Waals surface area (Å²) in [5.74, 6) is -0.200. The number of rotatable bonds is 8. The second-order valence-corrected chi connectivity index (χ2v) is 8.46. The molecule has 0 aliphatic heterocycles. The molecule has 2 aromatic heterocycles. The second-order valence-electron chi connectivity index (χ2n) is 7.46. The third-order valence-corrected chi connectivity index (χ3v) is 6.66. The Bertz CT molecular complexity index is 1110. The lowest BCUT2D eigenvalue weighted by Crippen LogP contribution is -2.22. The number of hydrogen-bond acceptors (Lipinski definition) is 5. The van der Waals surface area contributed by atoms with Crippen LogP contribution < -0.4 is 15.8 Å². The largest absolute Gasteiger partial charge is 0.372 e. The third-order valence-electron chi connectivity index (χ3n) is 5.46. The van der Waals surface area contributed by atoms with Crippen molar-refractivity contribution < 1.29 is 4.79 Å². The molecule has 0 saturated carbocycles. The Hall–Kier alpha value is -2.67. The van der Waals surface area contributed by atoms with E-state index >= 15 is 0 Å². The minimum absolute atomic E-state index is 0.0685. The molecule has 6 nitrogen and oxygen atoms in total. The molecule has 30 heavy (non-hydrogen) atoms. The van der Waals surface area contributed by atoms with Crippen molar-refractivity contribution in [1.82, 2.24) is 9.55 Å². The first-order chi connectivity index (χ1) is 14.4. The first-order valence-corrected chi connectivity index (χ1v) is 11.4. The van der Waals surface area contributed by atoms with Gasteiger partial charge in [0.2, 0.25) is 0 Å². The zero-order chi connectivity index (χ0) is 21.8. The van der Waals surface area contributed by atoms with Gasteiger partial charge in [-0.3, -0.25) is 14.2 Å². The number of aromatic nitrogens is 2. The molecule has 0 fully saturated rings. The summed E-state index contributed by atoms with van der Waals surface area (Å²) in [6.45, 7) is 12.7. The summed E-state index contributed by atoms with van der Waals surface area (Å²) in [6.07, 6.45) is 3.52. The fourth-order valence-electron chi connectivity index (χ4n) is 3.62. The highest BCUT2D eigenvalue weighted by molar-refractivity contribution is 7.20. The van der Waals surface area contributed by atoms with Crippen LogP contribution in [0.25, 0.3) is 10.2 Å². The van der Waals surface area contributed by atoms with Gasteiger partial charge in [-0.15, -0.1) is 11.3 Å². The number of anilines is 2. The minimum Gasteiger partial charge on any atom is -0.372 e. The van der Waals surface area contributed by atoms with Crippen molar-refractivity contribution in [3.05, 3.63) is 50.9 Å². The highest BCUT2D eigenvalue weighted by Gasteiger charge is 2.20. The minimum atomic E-state index is -0.200. The molecule has 0 saturated heterocycles. The predicted molar refractivity (Wildman–Crippen MR) is 126 cm³/mol. The summed E-state index contributed by atoms with van der Waals surface area (Å²) in [6, 6.07) is 6.06. The van der Waals surface area contributed by atoms with Gasteiger partial charge < -0.3 is 10.2 Å². The van der Waals surface area contributed by atoms with Gasteiger partial charge in [0.15, 0.2) is 0 Å². The molecule has 0 aliphatic carbocycles. The first kappa shape index (κ1) is 22.0. The van der Waals surface area contributed by atoms with Crippen molar-refractivity contribution in [3.8, 4) is 0 Å². The van der Waals surface area contributed by atoms with Crippen molar-refractivity contribution in [2.24, 2.45) is 0 Å². The number of carbonyl (C=O) groups excluding carboxylic acids is 1. The molecule has 0 atom stereocenters. The highest BCUT2D eigenvalue weighted by Crippen LogP contribution is 2.29. The number of carbonyl (C=O) groups is 1. The normalized spacial score (nSPS) is 11.1. The molecule has 1 amide bonds. The number of fused-ring (bicyclic) bond motifs is 1. The molecule has 3 aromatic rings. The van der Waals surface area contributed by atoms with Crippen LogP contribution in [0.5, 0.6) is 0 Å². The van der Waals surface area contributed by atoms with E-state index < -0.39 is 0 Å². The molecular formula is C23H30N4O2S. The van der Waals surface area contributed by atoms with E-state index in [-0.39, 0.29) is 11.5 Å².